The Morgan fingerprint density at radius 3 is 2.54 bits per heavy atom. The van der Waals surface area contributed by atoms with E-state index >= 15 is 0 Å². The van der Waals surface area contributed by atoms with Gasteiger partial charge in [0, 0.05) is 10.7 Å². The van der Waals surface area contributed by atoms with Gasteiger partial charge in [-0.2, -0.15) is 5.26 Å². The predicted octanol–water partition coefficient (Wildman–Crippen LogP) is 6.17. The van der Waals surface area contributed by atoms with E-state index in [0.29, 0.717) is 35.3 Å². The molecule has 3 rings (SSSR count). The molecule has 0 aliphatic carbocycles. The van der Waals surface area contributed by atoms with E-state index in [-0.39, 0.29) is 16.8 Å². The molecule has 3 aromatic carbocycles. The zero-order chi connectivity index (χ0) is 25.4. The van der Waals surface area contributed by atoms with Crippen LogP contribution in [0.15, 0.2) is 66.2 Å². The number of carboxylic acids is 1. The molecule has 7 nitrogen and oxygen atoms in total. The number of aromatic carboxylic acids is 1. The average molecular weight is 603 g/mol. The number of carbonyl (C=O) groups is 2. The fraction of sp³-hybridized carbons (Fsp3) is 0.115. The first-order valence-corrected chi connectivity index (χ1v) is 11.9. The number of benzene rings is 3. The maximum atomic E-state index is 12.7. The summed E-state index contributed by atoms with van der Waals surface area (Å²) in [6.07, 6.45) is 1.43. The molecule has 3 aromatic rings. The van der Waals surface area contributed by atoms with Crippen LogP contribution in [0.3, 0.4) is 0 Å². The first-order chi connectivity index (χ1) is 16.8. The fourth-order valence-corrected chi connectivity index (χ4v) is 3.96. The molecule has 178 valence electrons. The second kappa shape index (κ2) is 12.2. The van der Waals surface area contributed by atoms with Crippen molar-refractivity contribution in [3.63, 3.8) is 0 Å². The number of nitriles is 1. The number of carbonyl (C=O) groups excluding carboxylic acids is 1. The largest absolute Gasteiger partial charge is 0.490 e. The SMILES string of the molecule is CCOc1cc(/C=C(/C#N)C(=O)Nc2cccc(C(=O)O)c2)cc(I)c1OCc1ccc(Cl)cc1. The molecule has 0 unspecified atom stereocenters. The number of nitrogens with zero attached hydrogens (tertiary/aromatic N) is 1. The van der Waals surface area contributed by atoms with E-state index in [2.05, 4.69) is 27.9 Å². The van der Waals surface area contributed by atoms with Gasteiger partial charge < -0.3 is 19.9 Å². The fourth-order valence-electron chi connectivity index (χ4n) is 3.05. The van der Waals surface area contributed by atoms with Crippen molar-refractivity contribution in [2.45, 2.75) is 13.5 Å². The molecule has 2 N–H and O–H groups in total. The van der Waals surface area contributed by atoms with Gasteiger partial charge in [-0.15, -0.1) is 0 Å². The Morgan fingerprint density at radius 1 is 1.14 bits per heavy atom. The molecule has 0 aliphatic heterocycles. The van der Waals surface area contributed by atoms with Gasteiger partial charge in [0.25, 0.3) is 5.91 Å². The lowest BCUT2D eigenvalue weighted by atomic mass is 10.1. The summed E-state index contributed by atoms with van der Waals surface area (Å²) in [5.74, 6) is -0.751. The maximum Gasteiger partial charge on any atom is 0.335 e. The lowest BCUT2D eigenvalue weighted by Crippen LogP contribution is -2.14. The average Bonchev–Trinajstić information content (AvgIpc) is 2.83. The van der Waals surface area contributed by atoms with Gasteiger partial charge in [-0.25, -0.2) is 4.79 Å². The minimum absolute atomic E-state index is 0.0235. The topological polar surface area (TPSA) is 109 Å². The molecule has 9 heteroatoms. The Morgan fingerprint density at radius 2 is 1.89 bits per heavy atom. The summed E-state index contributed by atoms with van der Waals surface area (Å²) >= 11 is 8.05. The second-order valence-corrected chi connectivity index (χ2v) is 8.79. The molecule has 0 heterocycles. The van der Waals surface area contributed by atoms with Crippen LogP contribution in [-0.4, -0.2) is 23.6 Å². The number of carboxylic acid groups (broad SMARTS) is 1. The zero-order valence-corrected chi connectivity index (χ0v) is 21.5. The monoisotopic (exact) mass is 602 g/mol. The van der Waals surface area contributed by atoms with Crippen LogP contribution in [0.25, 0.3) is 6.08 Å². The van der Waals surface area contributed by atoms with Gasteiger partial charge in [-0.3, -0.25) is 4.79 Å². The van der Waals surface area contributed by atoms with Gasteiger partial charge in [0.05, 0.1) is 15.7 Å². The van der Waals surface area contributed by atoms with E-state index in [9.17, 15) is 14.9 Å². The summed E-state index contributed by atoms with van der Waals surface area (Å²) in [5.41, 5.74) is 1.65. The number of nitrogens with one attached hydrogen (secondary N) is 1. The highest BCUT2D eigenvalue weighted by Crippen LogP contribution is 2.35. The minimum Gasteiger partial charge on any atom is -0.490 e. The summed E-state index contributed by atoms with van der Waals surface area (Å²) in [6, 6.07) is 18.5. The number of hydrogen-bond acceptors (Lipinski definition) is 5. The van der Waals surface area contributed by atoms with Crippen LogP contribution in [0.4, 0.5) is 5.69 Å². The van der Waals surface area contributed by atoms with Crippen molar-refractivity contribution in [2.24, 2.45) is 0 Å². The van der Waals surface area contributed by atoms with Crippen molar-refractivity contribution in [3.05, 3.63) is 91.5 Å². The van der Waals surface area contributed by atoms with E-state index in [0.717, 1.165) is 9.13 Å². The van der Waals surface area contributed by atoms with Crippen LogP contribution in [0, 0.1) is 14.9 Å². The third-order valence-electron chi connectivity index (χ3n) is 4.67. The molecular formula is C26H20ClIN2O5. The van der Waals surface area contributed by atoms with Crippen LogP contribution < -0.4 is 14.8 Å². The number of ether oxygens (including phenoxy) is 2. The van der Waals surface area contributed by atoms with Crippen LogP contribution in [0.5, 0.6) is 11.5 Å². The van der Waals surface area contributed by atoms with Gasteiger partial charge >= 0.3 is 5.97 Å². The van der Waals surface area contributed by atoms with Gasteiger partial charge in [0.15, 0.2) is 11.5 Å². The molecule has 0 fully saturated rings. The summed E-state index contributed by atoms with van der Waals surface area (Å²) in [6.45, 7) is 2.55. The highest BCUT2D eigenvalue weighted by molar-refractivity contribution is 14.1. The quantitative estimate of drug-likeness (QED) is 0.172. The lowest BCUT2D eigenvalue weighted by Gasteiger charge is -2.15. The molecule has 1 amide bonds. The van der Waals surface area contributed by atoms with Crippen molar-refractivity contribution in [1.29, 1.82) is 5.26 Å². The first kappa shape index (κ1) is 26.1. The molecule has 0 spiro atoms. The molecule has 0 bridgehead atoms. The standard InChI is InChI=1S/C26H20ClIN2O5/c1-2-34-23-12-17(11-22(28)24(23)35-15-16-6-8-20(27)9-7-16)10-19(14-29)25(31)30-21-5-3-4-18(13-21)26(32)33/h3-13H,2,15H2,1H3,(H,30,31)(H,32,33)/b19-10-. The van der Waals surface area contributed by atoms with E-state index in [1.54, 1.807) is 30.3 Å². The Labute approximate surface area is 221 Å². The van der Waals surface area contributed by atoms with Crippen LogP contribution in [0.1, 0.15) is 28.4 Å². The number of amides is 1. The van der Waals surface area contributed by atoms with Crippen molar-refractivity contribution in [2.75, 3.05) is 11.9 Å². The molecule has 0 saturated carbocycles. The lowest BCUT2D eigenvalue weighted by molar-refractivity contribution is -0.112. The number of halogens is 2. The number of rotatable bonds is 9. The molecule has 0 saturated heterocycles. The number of hydrogen-bond donors (Lipinski definition) is 2. The zero-order valence-electron chi connectivity index (χ0n) is 18.5. The molecule has 0 atom stereocenters. The molecule has 0 aromatic heterocycles. The third kappa shape index (κ3) is 7.21. The van der Waals surface area contributed by atoms with Crippen molar-refractivity contribution in [3.8, 4) is 17.6 Å². The maximum absolute atomic E-state index is 12.7. The third-order valence-corrected chi connectivity index (χ3v) is 5.72. The normalized spacial score (nSPS) is 10.9. The first-order valence-electron chi connectivity index (χ1n) is 10.4. The number of anilines is 1. The summed E-state index contributed by atoms with van der Waals surface area (Å²) in [4.78, 5) is 23.8. The van der Waals surface area contributed by atoms with Gasteiger partial charge in [-0.1, -0.05) is 29.8 Å². The van der Waals surface area contributed by atoms with E-state index in [1.165, 1.54) is 24.3 Å². The van der Waals surface area contributed by atoms with Gasteiger partial charge in [0.1, 0.15) is 18.2 Å². The Hall–Kier alpha value is -3.55. The van der Waals surface area contributed by atoms with Gasteiger partial charge in [0.2, 0.25) is 0 Å². The van der Waals surface area contributed by atoms with Crippen molar-refractivity contribution < 1.29 is 24.2 Å². The van der Waals surface area contributed by atoms with E-state index in [4.69, 9.17) is 26.2 Å². The van der Waals surface area contributed by atoms with Crippen LogP contribution in [-0.2, 0) is 11.4 Å². The molecule has 0 aliphatic rings. The molecule has 0 radical (unpaired) electrons. The summed E-state index contributed by atoms with van der Waals surface area (Å²) in [7, 11) is 0. The van der Waals surface area contributed by atoms with Gasteiger partial charge in [-0.05, 0) is 89.2 Å². The van der Waals surface area contributed by atoms with E-state index < -0.39 is 11.9 Å². The van der Waals surface area contributed by atoms with Crippen LogP contribution in [0.2, 0.25) is 5.02 Å². The summed E-state index contributed by atoms with van der Waals surface area (Å²) < 4.78 is 12.5. The van der Waals surface area contributed by atoms with Crippen LogP contribution >= 0.6 is 34.2 Å². The minimum atomic E-state index is -1.12. The Kier molecular flexibility index (Phi) is 9.11. The molecule has 35 heavy (non-hydrogen) atoms. The molecular weight excluding hydrogens is 583 g/mol. The highest BCUT2D eigenvalue weighted by Gasteiger charge is 2.15. The highest BCUT2D eigenvalue weighted by atomic mass is 127. The van der Waals surface area contributed by atoms with Crippen molar-refractivity contribution in [1.82, 2.24) is 0 Å². The van der Waals surface area contributed by atoms with E-state index in [1.807, 2.05) is 25.1 Å². The smallest absolute Gasteiger partial charge is 0.335 e. The second-order valence-electron chi connectivity index (χ2n) is 7.19. The predicted molar refractivity (Wildman–Crippen MR) is 142 cm³/mol. The Balaban J connectivity index is 1.84. The summed E-state index contributed by atoms with van der Waals surface area (Å²) in [5, 5.41) is 21.9. The Bertz CT molecular complexity index is 1320. The van der Waals surface area contributed by atoms with Crippen molar-refractivity contribution >= 4 is 57.8 Å².